The minimum atomic E-state index is -1.02. The van der Waals surface area contributed by atoms with E-state index in [-0.39, 0.29) is 6.42 Å². The molecule has 0 aromatic heterocycles. The van der Waals surface area contributed by atoms with Crippen molar-refractivity contribution in [2.24, 2.45) is 0 Å². The van der Waals surface area contributed by atoms with E-state index >= 15 is 0 Å². The molecule has 11 heavy (non-hydrogen) atoms. The van der Waals surface area contributed by atoms with Crippen molar-refractivity contribution in [1.82, 2.24) is 0 Å². The van der Waals surface area contributed by atoms with Crippen molar-refractivity contribution in [3.8, 4) is 0 Å². The van der Waals surface area contributed by atoms with Gasteiger partial charge in [-0.2, -0.15) is 0 Å². The topological polar surface area (TPSA) is 74.6 Å². The summed E-state index contributed by atoms with van der Waals surface area (Å²) in [5, 5.41) is 17.6. The molecule has 0 unspecified atom stereocenters. The van der Waals surface area contributed by atoms with Gasteiger partial charge in [0.15, 0.2) is 0 Å². The third kappa shape index (κ3) is 9.03. The molecule has 0 aliphatic carbocycles. The SMILES string of the molecule is O=C(O)/C=C/SCCC(=O)O. The summed E-state index contributed by atoms with van der Waals surface area (Å²) >= 11 is 1.17. The fourth-order valence-electron chi connectivity index (χ4n) is 0.321. The molecule has 0 aromatic carbocycles. The van der Waals surface area contributed by atoms with E-state index in [9.17, 15) is 9.59 Å². The van der Waals surface area contributed by atoms with Crippen LogP contribution in [0.2, 0.25) is 0 Å². The molecule has 4 nitrogen and oxygen atoms in total. The highest BCUT2D eigenvalue weighted by Gasteiger charge is 1.93. The van der Waals surface area contributed by atoms with Crippen LogP contribution in [0.4, 0.5) is 0 Å². The molecule has 0 atom stereocenters. The molecular weight excluding hydrogens is 168 g/mol. The molecule has 0 aromatic rings. The van der Waals surface area contributed by atoms with Gasteiger partial charge in [0.2, 0.25) is 0 Å². The molecule has 5 heteroatoms. The van der Waals surface area contributed by atoms with Crippen molar-refractivity contribution in [1.29, 1.82) is 0 Å². The van der Waals surface area contributed by atoms with E-state index in [0.29, 0.717) is 5.75 Å². The number of thioether (sulfide) groups is 1. The number of rotatable bonds is 5. The highest BCUT2D eigenvalue weighted by molar-refractivity contribution is 8.02. The number of carboxylic acids is 2. The van der Waals surface area contributed by atoms with Crippen LogP contribution < -0.4 is 0 Å². The van der Waals surface area contributed by atoms with Crippen molar-refractivity contribution in [2.45, 2.75) is 6.42 Å². The molecule has 0 heterocycles. The minimum Gasteiger partial charge on any atom is -0.481 e. The van der Waals surface area contributed by atoms with E-state index in [1.165, 1.54) is 17.2 Å². The summed E-state index contributed by atoms with van der Waals surface area (Å²) in [6, 6.07) is 0. The molecule has 0 amide bonds. The lowest BCUT2D eigenvalue weighted by atomic mass is 10.5. The van der Waals surface area contributed by atoms with Gasteiger partial charge < -0.3 is 10.2 Å². The zero-order chi connectivity index (χ0) is 8.69. The molecule has 0 saturated heterocycles. The Morgan fingerprint density at radius 1 is 1.36 bits per heavy atom. The van der Waals surface area contributed by atoms with Gasteiger partial charge in [-0.25, -0.2) is 4.79 Å². The van der Waals surface area contributed by atoms with Crippen molar-refractivity contribution in [3.63, 3.8) is 0 Å². The van der Waals surface area contributed by atoms with E-state index in [1.807, 2.05) is 0 Å². The Bertz CT molecular complexity index is 175. The van der Waals surface area contributed by atoms with Gasteiger partial charge in [0.25, 0.3) is 0 Å². The second kappa shape index (κ2) is 5.79. The Morgan fingerprint density at radius 2 is 2.00 bits per heavy atom. The predicted octanol–water partition coefficient (Wildman–Crippen LogP) is 0.793. The Kier molecular flexibility index (Phi) is 5.28. The number of carboxylic acid groups (broad SMARTS) is 2. The van der Waals surface area contributed by atoms with Crippen molar-refractivity contribution < 1.29 is 19.8 Å². The minimum absolute atomic E-state index is 0.0502. The number of aliphatic carboxylic acids is 2. The quantitative estimate of drug-likeness (QED) is 0.478. The average molecular weight is 176 g/mol. The van der Waals surface area contributed by atoms with Gasteiger partial charge in [0.1, 0.15) is 0 Å². The predicted molar refractivity (Wildman–Crippen MR) is 41.5 cm³/mol. The van der Waals surface area contributed by atoms with Crippen LogP contribution in [0.5, 0.6) is 0 Å². The van der Waals surface area contributed by atoms with Crippen LogP contribution in [0.25, 0.3) is 0 Å². The number of hydrogen-bond acceptors (Lipinski definition) is 3. The summed E-state index contributed by atoms with van der Waals surface area (Å²) in [7, 11) is 0. The average Bonchev–Trinajstić information content (AvgIpc) is 1.85. The van der Waals surface area contributed by atoms with Gasteiger partial charge in [0, 0.05) is 11.8 Å². The van der Waals surface area contributed by atoms with Crippen LogP contribution >= 0.6 is 11.8 Å². The van der Waals surface area contributed by atoms with Crippen molar-refractivity contribution in [2.75, 3.05) is 5.75 Å². The van der Waals surface area contributed by atoms with Gasteiger partial charge in [0.05, 0.1) is 6.42 Å². The molecule has 0 aliphatic rings. The third-order valence-corrected chi connectivity index (χ3v) is 1.51. The van der Waals surface area contributed by atoms with Crippen LogP contribution in [0.3, 0.4) is 0 Å². The summed E-state index contributed by atoms with van der Waals surface area (Å²) in [5.74, 6) is -1.49. The van der Waals surface area contributed by atoms with Crippen molar-refractivity contribution in [3.05, 3.63) is 11.5 Å². The van der Waals surface area contributed by atoms with Gasteiger partial charge >= 0.3 is 11.9 Å². The van der Waals surface area contributed by atoms with Gasteiger partial charge in [-0.05, 0) is 5.41 Å². The van der Waals surface area contributed by atoms with Crippen LogP contribution in [-0.4, -0.2) is 27.9 Å². The van der Waals surface area contributed by atoms with E-state index in [1.54, 1.807) is 0 Å². The lowest BCUT2D eigenvalue weighted by Crippen LogP contribution is -1.95. The van der Waals surface area contributed by atoms with Gasteiger partial charge in [-0.1, -0.05) is 0 Å². The normalized spacial score (nSPS) is 10.2. The van der Waals surface area contributed by atoms with Gasteiger partial charge in [-0.15, -0.1) is 11.8 Å². The zero-order valence-corrected chi connectivity index (χ0v) is 6.50. The maximum absolute atomic E-state index is 9.94. The maximum atomic E-state index is 9.94. The number of carbonyl (C=O) groups is 2. The molecule has 0 radical (unpaired) electrons. The monoisotopic (exact) mass is 176 g/mol. The standard InChI is InChI=1S/C6H8O4S/c7-5(8)1-3-11-4-2-6(9)10/h1,3H,2,4H2,(H,7,8)(H,9,10)/b3-1+. The summed E-state index contributed by atoms with van der Waals surface area (Å²) in [4.78, 5) is 19.8. The Balaban J connectivity index is 3.27. The summed E-state index contributed by atoms with van der Waals surface area (Å²) < 4.78 is 0. The first kappa shape index (κ1) is 10.0. The largest absolute Gasteiger partial charge is 0.481 e. The molecule has 0 aliphatic heterocycles. The second-order valence-electron chi connectivity index (χ2n) is 1.66. The lowest BCUT2D eigenvalue weighted by Gasteiger charge is -1.88. The highest BCUT2D eigenvalue weighted by Crippen LogP contribution is 2.03. The fourth-order valence-corrected chi connectivity index (χ4v) is 0.962. The molecule has 2 N–H and O–H groups in total. The molecule has 62 valence electrons. The maximum Gasteiger partial charge on any atom is 0.328 e. The summed E-state index contributed by atoms with van der Waals surface area (Å²) in [5.41, 5.74) is 0. The molecule has 0 fully saturated rings. The molecule has 0 saturated carbocycles. The first-order chi connectivity index (χ1) is 5.13. The number of hydrogen-bond donors (Lipinski definition) is 2. The van der Waals surface area contributed by atoms with E-state index < -0.39 is 11.9 Å². The van der Waals surface area contributed by atoms with E-state index in [0.717, 1.165) is 6.08 Å². The third-order valence-electron chi connectivity index (χ3n) is 0.741. The molecule has 0 spiro atoms. The zero-order valence-electron chi connectivity index (χ0n) is 5.69. The Hall–Kier alpha value is -0.970. The highest BCUT2D eigenvalue weighted by atomic mass is 32.2. The molecular formula is C6H8O4S. The first-order valence-electron chi connectivity index (χ1n) is 2.86. The first-order valence-corrected chi connectivity index (χ1v) is 3.90. The van der Waals surface area contributed by atoms with Crippen LogP contribution in [0, 0.1) is 0 Å². The lowest BCUT2D eigenvalue weighted by molar-refractivity contribution is -0.136. The van der Waals surface area contributed by atoms with Gasteiger partial charge in [-0.3, -0.25) is 4.79 Å². The van der Waals surface area contributed by atoms with Crippen LogP contribution in [-0.2, 0) is 9.59 Å². The van der Waals surface area contributed by atoms with E-state index in [2.05, 4.69) is 0 Å². The van der Waals surface area contributed by atoms with E-state index in [4.69, 9.17) is 10.2 Å². The Labute approximate surface area is 67.9 Å². The molecule has 0 bridgehead atoms. The van der Waals surface area contributed by atoms with Crippen LogP contribution in [0.15, 0.2) is 11.5 Å². The van der Waals surface area contributed by atoms with Crippen molar-refractivity contribution >= 4 is 23.7 Å². The Morgan fingerprint density at radius 3 is 2.45 bits per heavy atom. The smallest absolute Gasteiger partial charge is 0.328 e. The fraction of sp³-hybridized carbons (Fsp3) is 0.333. The second-order valence-corrected chi connectivity index (χ2v) is 2.67. The van der Waals surface area contributed by atoms with Crippen LogP contribution in [0.1, 0.15) is 6.42 Å². The molecule has 0 rings (SSSR count). The summed E-state index contributed by atoms with van der Waals surface area (Å²) in [6.07, 6.45) is 1.03. The summed E-state index contributed by atoms with van der Waals surface area (Å²) in [6.45, 7) is 0.